The lowest BCUT2D eigenvalue weighted by Crippen LogP contribution is -2.31. The maximum Gasteiger partial charge on any atom is 0.272 e. The highest BCUT2D eigenvalue weighted by Gasteiger charge is 2.25. The van der Waals surface area contributed by atoms with Gasteiger partial charge < -0.3 is 5.32 Å². The van der Waals surface area contributed by atoms with E-state index >= 15 is 0 Å². The Morgan fingerprint density at radius 2 is 2.00 bits per heavy atom. The van der Waals surface area contributed by atoms with Gasteiger partial charge in [0.05, 0.1) is 11.7 Å². The van der Waals surface area contributed by atoms with Crippen LogP contribution in [0, 0.1) is 5.82 Å². The van der Waals surface area contributed by atoms with Crippen LogP contribution < -0.4 is 5.32 Å². The van der Waals surface area contributed by atoms with E-state index in [1.165, 1.54) is 17.8 Å². The van der Waals surface area contributed by atoms with Crippen LogP contribution in [0.4, 0.5) is 4.39 Å². The van der Waals surface area contributed by atoms with Crippen LogP contribution in [-0.2, 0) is 0 Å². The zero-order chi connectivity index (χ0) is 17.2. The van der Waals surface area contributed by atoms with Crippen LogP contribution in [-0.4, -0.2) is 21.4 Å². The first kappa shape index (κ1) is 15.9. The Morgan fingerprint density at radius 3 is 2.84 bits per heavy atom. The first-order valence-electron chi connectivity index (χ1n) is 8.05. The van der Waals surface area contributed by atoms with E-state index in [1.54, 1.807) is 23.0 Å². The molecular formula is C19H16FN3OS. The van der Waals surface area contributed by atoms with Gasteiger partial charge in [-0.3, -0.25) is 4.79 Å². The molecule has 0 aliphatic carbocycles. The van der Waals surface area contributed by atoms with Gasteiger partial charge in [-0.25, -0.2) is 9.07 Å². The molecule has 6 heteroatoms. The summed E-state index contributed by atoms with van der Waals surface area (Å²) >= 11 is 1.50. The number of carbonyl (C=O) groups excluding carboxylic acids is 1. The van der Waals surface area contributed by atoms with Crippen molar-refractivity contribution in [3.8, 4) is 5.69 Å². The quantitative estimate of drug-likeness (QED) is 0.775. The van der Waals surface area contributed by atoms with Crippen molar-refractivity contribution in [3.05, 3.63) is 77.9 Å². The maximum atomic E-state index is 13.9. The number of carbonyl (C=O) groups is 1. The average molecular weight is 353 g/mol. The number of fused-ring (bicyclic) bond motifs is 1. The summed E-state index contributed by atoms with van der Waals surface area (Å²) in [5.74, 6) is 0.300. The molecule has 4 rings (SSSR count). The molecule has 0 spiro atoms. The number of hydrogen-bond acceptors (Lipinski definition) is 3. The van der Waals surface area contributed by atoms with Crippen LogP contribution >= 0.6 is 11.8 Å². The molecule has 2 heterocycles. The summed E-state index contributed by atoms with van der Waals surface area (Å²) in [6.45, 7) is 0. The number of rotatable bonds is 3. The first-order chi connectivity index (χ1) is 12.2. The van der Waals surface area contributed by atoms with Crippen molar-refractivity contribution in [2.45, 2.75) is 17.4 Å². The van der Waals surface area contributed by atoms with Gasteiger partial charge in [0.25, 0.3) is 5.91 Å². The molecule has 0 saturated heterocycles. The SMILES string of the molecule is O=C(NC1CCSc2c(F)cccc21)c1ccn(-c2ccccc2)n1. The van der Waals surface area contributed by atoms with E-state index in [-0.39, 0.29) is 17.8 Å². The van der Waals surface area contributed by atoms with Crippen molar-refractivity contribution in [2.24, 2.45) is 0 Å². The molecule has 1 aliphatic heterocycles. The minimum atomic E-state index is -0.248. The van der Waals surface area contributed by atoms with E-state index in [0.29, 0.717) is 10.6 Å². The Balaban J connectivity index is 1.54. The van der Waals surface area contributed by atoms with Crippen molar-refractivity contribution in [3.63, 3.8) is 0 Å². The van der Waals surface area contributed by atoms with E-state index in [9.17, 15) is 9.18 Å². The molecule has 4 nitrogen and oxygen atoms in total. The van der Waals surface area contributed by atoms with E-state index in [2.05, 4.69) is 10.4 Å². The number of nitrogens with zero attached hydrogens (tertiary/aromatic N) is 2. The van der Waals surface area contributed by atoms with Gasteiger partial charge in [-0.15, -0.1) is 11.8 Å². The summed E-state index contributed by atoms with van der Waals surface area (Å²) in [4.78, 5) is 13.2. The monoisotopic (exact) mass is 353 g/mol. The number of aromatic nitrogens is 2. The summed E-state index contributed by atoms with van der Waals surface area (Å²) in [6.07, 6.45) is 2.53. The van der Waals surface area contributed by atoms with Crippen LogP contribution in [0.15, 0.2) is 65.7 Å². The Morgan fingerprint density at radius 1 is 1.16 bits per heavy atom. The van der Waals surface area contributed by atoms with E-state index in [0.717, 1.165) is 23.4 Å². The Labute approximate surface area is 149 Å². The second-order valence-electron chi connectivity index (χ2n) is 5.80. The predicted octanol–water partition coefficient (Wildman–Crippen LogP) is 3.98. The fraction of sp³-hybridized carbons (Fsp3) is 0.158. The summed E-state index contributed by atoms with van der Waals surface area (Å²) in [6, 6.07) is 16.1. The lowest BCUT2D eigenvalue weighted by Gasteiger charge is -2.25. The maximum absolute atomic E-state index is 13.9. The third-order valence-electron chi connectivity index (χ3n) is 4.17. The normalized spacial score (nSPS) is 16.3. The van der Waals surface area contributed by atoms with Gasteiger partial charge in [-0.2, -0.15) is 5.10 Å². The molecule has 3 aromatic rings. The largest absolute Gasteiger partial charge is 0.344 e. The molecule has 0 saturated carbocycles. The second-order valence-corrected chi connectivity index (χ2v) is 6.91. The number of nitrogens with one attached hydrogen (secondary N) is 1. The molecule has 1 unspecified atom stereocenters. The van der Waals surface area contributed by atoms with Gasteiger partial charge in [0.15, 0.2) is 5.69 Å². The van der Waals surface area contributed by atoms with Crippen LogP contribution in [0.25, 0.3) is 5.69 Å². The Kier molecular flexibility index (Phi) is 4.28. The molecule has 0 fully saturated rings. The van der Waals surface area contributed by atoms with Crippen LogP contribution in [0.3, 0.4) is 0 Å². The third kappa shape index (κ3) is 3.17. The highest BCUT2D eigenvalue weighted by atomic mass is 32.2. The van der Waals surface area contributed by atoms with Crippen molar-refractivity contribution >= 4 is 17.7 Å². The van der Waals surface area contributed by atoms with Gasteiger partial charge in [-0.05, 0) is 36.2 Å². The van der Waals surface area contributed by atoms with E-state index in [4.69, 9.17) is 0 Å². The molecule has 1 amide bonds. The highest BCUT2D eigenvalue weighted by Crippen LogP contribution is 2.37. The summed E-state index contributed by atoms with van der Waals surface area (Å²) in [7, 11) is 0. The zero-order valence-corrected chi connectivity index (χ0v) is 14.2. The molecular weight excluding hydrogens is 337 g/mol. The van der Waals surface area contributed by atoms with Gasteiger partial charge in [0, 0.05) is 16.8 Å². The van der Waals surface area contributed by atoms with Gasteiger partial charge in [0.1, 0.15) is 5.82 Å². The summed E-state index contributed by atoms with van der Waals surface area (Å²) < 4.78 is 15.6. The molecule has 1 aromatic heterocycles. The summed E-state index contributed by atoms with van der Waals surface area (Å²) in [5.41, 5.74) is 2.08. The highest BCUT2D eigenvalue weighted by molar-refractivity contribution is 7.99. The molecule has 1 atom stereocenters. The number of hydrogen-bond donors (Lipinski definition) is 1. The number of benzene rings is 2. The molecule has 25 heavy (non-hydrogen) atoms. The van der Waals surface area contributed by atoms with Gasteiger partial charge in [-0.1, -0.05) is 30.3 Å². The predicted molar refractivity (Wildman–Crippen MR) is 95.5 cm³/mol. The smallest absolute Gasteiger partial charge is 0.272 e. The first-order valence-corrected chi connectivity index (χ1v) is 9.04. The van der Waals surface area contributed by atoms with E-state index < -0.39 is 0 Å². The van der Waals surface area contributed by atoms with Gasteiger partial charge in [0.2, 0.25) is 0 Å². The van der Waals surface area contributed by atoms with Crippen LogP contribution in [0.5, 0.6) is 0 Å². The molecule has 1 aliphatic rings. The van der Waals surface area contributed by atoms with Crippen molar-refractivity contribution in [1.82, 2.24) is 15.1 Å². The van der Waals surface area contributed by atoms with Crippen LogP contribution in [0.2, 0.25) is 0 Å². The zero-order valence-electron chi connectivity index (χ0n) is 13.4. The van der Waals surface area contributed by atoms with Crippen molar-refractivity contribution in [2.75, 3.05) is 5.75 Å². The van der Waals surface area contributed by atoms with Crippen molar-refractivity contribution in [1.29, 1.82) is 0 Å². The standard InChI is InChI=1S/C19H16FN3OS/c20-15-8-4-7-14-16(10-12-25-18(14)15)21-19(24)17-9-11-23(22-17)13-5-2-1-3-6-13/h1-9,11,16H,10,12H2,(H,21,24). The topological polar surface area (TPSA) is 46.9 Å². The molecule has 126 valence electrons. The average Bonchev–Trinajstić information content (AvgIpc) is 3.14. The van der Waals surface area contributed by atoms with Crippen LogP contribution in [0.1, 0.15) is 28.5 Å². The number of thioether (sulfide) groups is 1. The lowest BCUT2D eigenvalue weighted by atomic mass is 10.0. The minimum Gasteiger partial charge on any atom is -0.344 e. The molecule has 0 radical (unpaired) electrons. The van der Waals surface area contributed by atoms with Crippen molar-refractivity contribution < 1.29 is 9.18 Å². The fourth-order valence-corrected chi connectivity index (χ4v) is 4.08. The van der Waals surface area contributed by atoms with Gasteiger partial charge >= 0.3 is 0 Å². The third-order valence-corrected chi connectivity index (χ3v) is 5.33. The fourth-order valence-electron chi connectivity index (χ4n) is 2.94. The Hall–Kier alpha value is -2.60. The number of para-hydroxylation sites is 1. The summed E-state index contributed by atoms with van der Waals surface area (Å²) in [5, 5.41) is 7.33. The number of amides is 1. The van der Waals surface area contributed by atoms with E-state index in [1.807, 2.05) is 36.4 Å². The molecule has 0 bridgehead atoms. The molecule has 1 N–H and O–H groups in total. The lowest BCUT2D eigenvalue weighted by molar-refractivity contribution is 0.0929. The Bertz CT molecular complexity index is 910. The second kappa shape index (κ2) is 6.72. The molecule has 2 aromatic carbocycles. The minimum absolute atomic E-state index is 0.193. The number of halogens is 1.